The van der Waals surface area contributed by atoms with E-state index in [0.717, 1.165) is 0 Å². The minimum absolute atomic E-state index is 0.0464. The third kappa shape index (κ3) is 6.68. The van der Waals surface area contributed by atoms with E-state index in [-0.39, 0.29) is 13.2 Å². The summed E-state index contributed by atoms with van der Waals surface area (Å²) in [6.45, 7) is 3.16. The summed E-state index contributed by atoms with van der Waals surface area (Å²) >= 11 is 0. The molecule has 0 fully saturated rings. The van der Waals surface area contributed by atoms with Gasteiger partial charge in [-0.3, -0.25) is 0 Å². The van der Waals surface area contributed by atoms with Gasteiger partial charge in [-0.05, 0) is 0 Å². The first-order chi connectivity index (χ1) is 7.18. The fourth-order valence-electron chi connectivity index (χ4n) is 0.998. The van der Waals surface area contributed by atoms with E-state index in [2.05, 4.69) is 9.47 Å². The zero-order valence-electron chi connectivity index (χ0n) is 9.25. The van der Waals surface area contributed by atoms with Crippen LogP contribution in [0.2, 0.25) is 0 Å². The van der Waals surface area contributed by atoms with Crippen molar-refractivity contribution in [1.82, 2.24) is 0 Å². The second kappa shape index (κ2) is 5.54. The van der Waals surface area contributed by atoms with Crippen LogP contribution >= 0.6 is 7.28 Å². The average Bonchev–Trinajstić information content (AvgIpc) is 1.99. The Morgan fingerprint density at radius 3 is 1.50 bits per heavy atom. The van der Waals surface area contributed by atoms with E-state index >= 15 is 0 Å². The second-order valence-electron chi connectivity index (χ2n) is 3.27. The van der Waals surface area contributed by atoms with Gasteiger partial charge < -0.3 is 0 Å². The third-order valence-corrected chi connectivity index (χ3v) is 3.33. The van der Waals surface area contributed by atoms with E-state index in [4.69, 9.17) is 0 Å². The van der Waals surface area contributed by atoms with Gasteiger partial charge in [0.1, 0.15) is 0 Å². The molecule has 0 atom stereocenters. The Balaban J connectivity index is 4.45. The molecule has 7 nitrogen and oxygen atoms in total. The van der Waals surface area contributed by atoms with Crippen molar-refractivity contribution in [2.24, 2.45) is 0 Å². The molecule has 0 aliphatic rings. The van der Waals surface area contributed by atoms with Crippen molar-refractivity contribution in [2.45, 2.75) is 13.8 Å². The quantitative estimate of drug-likeness (QED) is 0.429. The monoisotopic (exact) mass is 256 g/mol. The van der Waals surface area contributed by atoms with Crippen LogP contribution in [0.15, 0.2) is 0 Å². The predicted molar refractivity (Wildman–Crippen MR) is 56.6 cm³/mol. The van der Waals surface area contributed by atoms with Gasteiger partial charge in [-0.1, -0.05) is 0 Å². The first kappa shape index (κ1) is 15.2. The zero-order valence-corrected chi connectivity index (χ0v) is 10.1. The summed E-state index contributed by atoms with van der Waals surface area (Å²) in [4.78, 5) is 50.2. The van der Waals surface area contributed by atoms with Crippen LogP contribution in [-0.4, -0.2) is 52.2 Å². The van der Waals surface area contributed by atoms with Crippen molar-refractivity contribution in [3.8, 4) is 0 Å². The molecule has 3 N–H and O–H groups in total. The van der Waals surface area contributed by atoms with Gasteiger partial charge in [-0.15, -0.1) is 0 Å². The van der Waals surface area contributed by atoms with E-state index in [0.29, 0.717) is 0 Å². The first-order valence-electron chi connectivity index (χ1n) is 4.75. The van der Waals surface area contributed by atoms with Crippen LogP contribution in [0, 0.1) is 0 Å². The predicted octanol–water partition coefficient (Wildman–Crippen LogP) is -0.612. The molecule has 0 spiro atoms. The molecule has 0 saturated carbocycles. The van der Waals surface area contributed by atoms with E-state index in [1.165, 1.54) is 13.8 Å². The third-order valence-electron chi connectivity index (χ3n) is 1.52. The van der Waals surface area contributed by atoms with E-state index in [1.54, 1.807) is 0 Å². The van der Waals surface area contributed by atoms with Gasteiger partial charge in [-0.2, -0.15) is 0 Å². The number of hydrogen-bond acceptors (Lipinski definition) is 7. The molecule has 0 saturated heterocycles. The van der Waals surface area contributed by atoms with Gasteiger partial charge in [0.25, 0.3) is 0 Å². The van der Waals surface area contributed by atoms with Gasteiger partial charge in [0.05, 0.1) is 0 Å². The summed E-state index contributed by atoms with van der Waals surface area (Å²) < 4.78 is 8.89. The topological polar surface area (TPSA) is 113 Å². The minimum atomic E-state index is -5.32. The summed E-state index contributed by atoms with van der Waals surface area (Å²) in [5, 5.41) is 0. The molecule has 0 aliphatic heterocycles. The van der Waals surface area contributed by atoms with Crippen LogP contribution in [0.5, 0.6) is 0 Å². The molecule has 0 aromatic carbocycles. The van der Waals surface area contributed by atoms with Crippen molar-refractivity contribution in [3.63, 3.8) is 0 Å². The summed E-state index contributed by atoms with van der Waals surface area (Å²) in [7, 11) is -5.32. The molecular weight excluding hydrogens is 239 g/mol. The maximum absolute atomic E-state index is 11.0. The van der Waals surface area contributed by atoms with Crippen molar-refractivity contribution >= 4 is 19.2 Å². The maximum atomic E-state index is 11.0. The van der Waals surface area contributed by atoms with Crippen LogP contribution in [0.25, 0.3) is 0 Å². The Hall–Kier alpha value is -0.750. The van der Waals surface area contributed by atoms with E-state index < -0.39 is 31.5 Å². The molecule has 0 unspecified atom stereocenters. The number of ether oxygens (including phenoxy) is 2. The SMILES string of the molecule is CCOC(=O)CP(O)(O)(O)CC(=O)OCC. The molecule has 8 heteroatoms. The molecule has 0 rings (SSSR count). The number of esters is 2. The van der Waals surface area contributed by atoms with Crippen LogP contribution < -0.4 is 0 Å². The normalized spacial score (nSPS) is 13.7. The van der Waals surface area contributed by atoms with Gasteiger partial charge >= 0.3 is 92.4 Å². The van der Waals surface area contributed by atoms with Gasteiger partial charge in [0.15, 0.2) is 0 Å². The molecule has 96 valence electrons. The van der Waals surface area contributed by atoms with Gasteiger partial charge in [0, 0.05) is 0 Å². The fourth-order valence-corrected chi connectivity index (χ4v) is 2.35. The Labute approximate surface area is 93.2 Å². The molecule has 0 heterocycles. The van der Waals surface area contributed by atoms with E-state index in [9.17, 15) is 24.3 Å². The van der Waals surface area contributed by atoms with Gasteiger partial charge in [-0.25, -0.2) is 0 Å². The molecule has 0 aromatic heterocycles. The Morgan fingerprint density at radius 1 is 0.938 bits per heavy atom. The van der Waals surface area contributed by atoms with Crippen LogP contribution in [-0.2, 0) is 19.1 Å². The fraction of sp³-hybridized carbons (Fsp3) is 0.750. The summed E-state index contributed by atoms with van der Waals surface area (Å²) in [6.07, 6.45) is -2.00. The Kier molecular flexibility index (Phi) is 5.28. The first-order valence-corrected chi connectivity index (χ1v) is 7.21. The summed E-state index contributed by atoms with van der Waals surface area (Å²) in [5.74, 6) is -1.95. The average molecular weight is 256 g/mol. The van der Waals surface area contributed by atoms with E-state index in [1.807, 2.05) is 0 Å². The summed E-state index contributed by atoms with van der Waals surface area (Å²) in [6, 6.07) is 0. The number of hydrogen-bond donors (Lipinski definition) is 3. The van der Waals surface area contributed by atoms with Crippen molar-refractivity contribution in [2.75, 3.05) is 25.5 Å². The Bertz CT molecular complexity index is 243. The van der Waals surface area contributed by atoms with Crippen molar-refractivity contribution in [3.05, 3.63) is 0 Å². The molecule has 0 aromatic rings. The Morgan fingerprint density at radius 2 is 1.25 bits per heavy atom. The zero-order chi connectivity index (χ0) is 12.8. The standard InChI is InChI=1S/C8H17O7P/c1-3-14-7(9)5-16(11,12,13)6-8(10)15-4-2/h11-13H,3-6H2,1-2H3. The van der Waals surface area contributed by atoms with Crippen LogP contribution in [0.4, 0.5) is 0 Å². The second-order valence-corrected chi connectivity index (χ2v) is 6.58. The molecule has 0 radical (unpaired) electrons. The van der Waals surface area contributed by atoms with Crippen LogP contribution in [0.3, 0.4) is 0 Å². The van der Waals surface area contributed by atoms with Gasteiger partial charge in [0.2, 0.25) is 0 Å². The van der Waals surface area contributed by atoms with Crippen LogP contribution in [0.1, 0.15) is 13.8 Å². The summed E-state index contributed by atoms with van der Waals surface area (Å²) in [5.41, 5.74) is 0. The number of rotatable bonds is 6. The molecular formula is C8H17O7P. The molecule has 0 bridgehead atoms. The van der Waals surface area contributed by atoms with Crippen molar-refractivity contribution < 1.29 is 33.7 Å². The number of carbonyl (C=O) groups is 2. The molecule has 16 heavy (non-hydrogen) atoms. The molecule has 0 amide bonds. The van der Waals surface area contributed by atoms with Crippen molar-refractivity contribution in [1.29, 1.82) is 0 Å². The number of carbonyl (C=O) groups excluding carboxylic acids is 2. The molecule has 0 aliphatic carbocycles.